The number of aliphatic hydroxyl groups is 1. The number of aliphatic hydroxyl groups excluding tert-OH is 1. The number of ether oxygens (including phenoxy) is 1. The molecular formula is C14H18FNO3. The molecule has 0 radical (unpaired) electrons. The Bertz CT molecular complexity index is 456. The number of carbonyl (C=O) groups is 1. The van der Waals surface area contributed by atoms with Crippen molar-refractivity contribution in [3.8, 4) is 5.75 Å². The van der Waals surface area contributed by atoms with Crippen LogP contribution in [-0.2, 0) is 4.79 Å². The Morgan fingerprint density at radius 2 is 2.16 bits per heavy atom. The Labute approximate surface area is 111 Å². The van der Waals surface area contributed by atoms with Gasteiger partial charge in [-0.25, -0.2) is 4.39 Å². The van der Waals surface area contributed by atoms with Crippen LogP contribution in [0, 0.1) is 5.82 Å². The molecule has 1 aromatic carbocycles. The van der Waals surface area contributed by atoms with E-state index in [0.717, 1.165) is 25.9 Å². The van der Waals surface area contributed by atoms with Crippen LogP contribution in [0.1, 0.15) is 31.4 Å². The maximum atomic E-state index is 13.1. The molecule has 1 N–H and O–H groups in total. The SMILES string of the molecule is C[C@@H](O)c1cc(F)ccc1OCC(=O)N1CCCC1. The molecule has 1 fully saturated rings. The molecule has 5 heteroatoms. The number of rotatable bonds is 4. The summed E-state index contributed by atoms with van der Waals surface area (Å²) in [4.78, 5) is 13.6. The average molecular weight is 267 g/mol. The molecule has 1 aromatic rings. The van der Waals surface area contributed by atoms with Crippen LogP contribution >= 0.6 is 0 Å². The predicted octanol–water partition coefficient (Wildman–Crippen LogP) is 1.88. The van der Waals surface area contributed by atoms with Gasteiger partial charge in [0, 0.05) is 18.7 Å². The van der Waals surface area contributed by atoms with Crippen LogP contribution < -0.4 is 4.74 Å². The lowest BCUT2D eigenvalue weighted by atomic mass is 10.1. The van der Waals surface area contributed by atoms with Gasteiger partial charge in [0.1, 0.15) is 11.6 Å². The van der Waals surface area contributed by atoms with E-state index in [1.165, 1.54) is 25.1 Å². The van der Waals surface area contributed by atoms with Crippen LogP contribution in [-0.4, -0.2) is 35.6 Å². The third-order valence-corrected chi connectivity index (χ3v) is 3.23. The van der Waals surface area contributed by atoms with Crippen molar-refractivity contribution in [1.29, 1.82) is 0 Å². The van der Waals surface area contributed by atoms with Crippen LogP contribution in [0.5, 0.6) is 5.75 Å². The Hall–Kier alpha value is -1.62. The van der Waals surface area contributed by atoms with Gasteiger partial charge in [-0.15, -0.1) is 0 Å². The second-order valence-electron chi connectivity index (χ2n) is 4.73. The molecule has 0 aromatic heterocycles. The highest BCUT2D eigenvalue weighted by atomic mass is 19.1. The minimum absolute atomic E-state index is 0.0710. The van der Waals surface area contributed by atoms with Crippen molar-refractivity contribution in [2.75, 3.05) is 19.7 Å². The Kier molecular flexibility index (Phi) is 4.37. The van der Waals surface area contributed by atoms with Crippen LogP contribution in [0.2, 0.25) is 0 Å². The quantitative estimate of drug-likeness (QED) is 0.906. The lowest BCUT2D eigenvalue weighted by Crippen LogP contribution is -2.32. The maximum absolute atomic E-state index is 13.1. The van der Waals surface area contributed by atoms with E-state index in [0.29, 0.717) is 11.3 Å². The van der Waals surface area contributed by atoms with Crippen molar-refractivity contribution in [3.05, 3.63) is 29.6 Å². The summed E-state index contributed by atoms with van der Waals surface area (Å²) in [5, 5.41) is 9.56. The van der Waals surface area contributed by atoms with E-state index in [1.807, 2.05) is 0 Å². The number of halogens is 1. The number of likely N-dealkylation sites (tertiary alicyclic amines) is 1. The number of benzene rings is 1. The number of nitrogens with zero attached hydrogens (tertiary/aromatic N) is 1. The van der Waals surface area contributed by atoms with Crippen LogP contribution in [0.15, 0.2) is 18.2 Å². The molecule has 1 aliphatic rings. The van der Waals surface area contributed by atoms with Gasteiger partial charge in [-0.1, -0.05) is 0 Å². The summed E-state index contributed by atoms with van der Waals surface area (Å²) >= 11 is 0. The van der Waals surface area contributed by atoms with E-state index in [2.05, 4.69) is 0 Å². The standard InChI is InChI=1S/C14H18FNO3/c1-10(17)12-8-11(15)4-5-13(12)19-9-14(18)16-6-2-3-7-16/h4-5,8,10,17H,2-3,6-7,9H2,1H3/t10-/m1/s1. The van der Waals surface area contributed by atoms with Gasteiger partial charge >= 0.3 is 0 Å². The summed E-state index contributed by atoms with van der Waals surface area (Å²) in [6, 6.07) is 3.91. The molecule has 1 aliphatic heterocycles. The molecular weight excluding hydrogens is 249 g/mol. The molecule has 0 unspecified atom stereocenters. The van der Waals surface area contributed by atoms with E-state index in [-0.39, 0.29) is 12.5 Å². The molecule has 0 bridgehead atoms. The smallest absolute Gasteiger partial charge is 0.260 e. The summed E-state index contributed by atoms with van der Waals surface area (Å²) < 4.78 is 18.5. The van der Waals surface area contributed by atoms with Crippen molar-refractivity contribution in [1.82, 2.24) is 4.90 Å². The van der Waals surface area contributed by atoms with Crippen molar-refractivity contribution in [2.24, 2.45) is 0 Å². The first-order valence-corrected chi connectivity index (χ1v) is 6.46. The van der Waals surface area contributed by atoms with Crippen LogP contribution in [0.3, 0.4) is 0 Å². The average Bonchev–Trinajstić information content (AvgIpc) is 2.90. The molecule has 19 heavy (non-hydrogen) atoms. The van der Waals surface area contributed by atoms with E-state index < -0.39 is 11.9 Å². The predicted molar refractivity (Wildman–Crippen MR) is 68.3 cm³/mol. The second-order valence-corrected chi connectivity index (χ2v) is 4.73. The molecule has 0 saturated carbocycles. The summed E-state index contributed by atoms with van der Waals surface area (Å²) in [6.45, 7) is 3.00. The van der Waals surface area contributed by atoms with Crippen LogP contribution in [0.25, 0.3) is 0 Å². The summed E-state index contributed by atoms with van der Waals surface area (Å²) in [5.74, 6) is -0.156. The zero-order chi connectivity index (χ0) is 13.8. The maximum Gasteiger partial charge on any atom is 0.260 e. The van der Waals surface area contributed by atoms with Crippen molar-refractivity contribution in [3.63, 3.8) is 0 Å². The molecule has 1 amide bonds. The van der Waals surface area contributed by atoms with E-state index in [1.54, 1.807) is 4.90 Å². The molecule has 104 valence electrons. The Morgan fingerprint density at radius 3 is 2.79 bits per heavy atom. The first kappa shape index (κ1) is 13.8. The third kappa shape index (κ3) is 3.44. The third-order valence-electron chi connectivity index (χ3n) is 3.23. The molecule has 4 nitrogen and oxygen atoms in total. The second kappa shape index (κ2) is 6.02. The summed E-state index contributed by atoms with van der Waals surface area (Å²) in [5.41, 5.74) is 0.356. The minimum Gasteiger partial charge on any atom is -0.483 e. The van der Waals surface area contributed by atoms with Gasteiger partial charge in [-0.2, -0.15) is 0 Å². The lowest BCUT2D eigenvalue weighted by Gasteiger charge is -2.17. The number of hydrogen-bond donors (Lipinski definition) is 1. The molecule has 1 heterocycles. The Morgan fingerprint density at radius 1 is 1.47 bits per heavy atom. The number of carbonyl (C=O) groups excluding carboxylic acids is 1. The lowest BCUT2D eigenvalue weighted by molar-refractivity contribution is -0.132. The zero-order valence-corrected chi connectivity index (χ0v) is 10.9. The van der Waals surface area contributed by atoms with Gasteiger partial charge in [0.15, 0.2) is 6.61 Å². The summed E-state index contributed by atoms with van der Waals surface area (Å²) in [6.07, 6.45) is 1.22. The van der Waals surface area contributed by atoms with E-state index in [9.17, 15) is 14.3 Å². The molecule has 0 spiro atoms. The number of hydrogen-bond acceptors (Lipinski definition) is 3. The Balaban J connectivity index is 2.00. The van der Waals surface area contributed by atoms with Crippen molar-refractivity contribution in [2.45, 2.75) is 25.9 Å². The molecule has 0 aliphatic carbocycles. The highest BCUT2D eigenvalue weighted by Crippen LogP contribution is 2.26. The minimum atomic E-state index is -0.840. The van der Waals surface area contributed by atoms with Gasteiger partial charge in [0.05, 0.1) is 6.10 Å². The monoisotopic (exact) mass is 267 g/mol. The van der Waals surface area contributed by atoms with Gasteiger partial charge in [0.2, 0.25) is 0 Å². The fraction of sp³-hybridized carbons (Fsp3) is 0.500. The molecule has 1 atom stereocenters. The number of amides is 1. The van der Waals surface area contributed by atoms with Crippen LogP contribution in [0.4, 0.5) is 4.39 Å². The largest absolute Gasteiger partial charge is 0.483 e. The van der Waals surface area contributed by atoms with Gasteiger partial charge < -0.3 is 14.7 Å². The fourth-order valence-electron chi connectivity index (χ4n) is 2.17. The fourth-order valence-corrected chi connectivity index (χ4v) is 2.17. The van der Waals surface area contributed by atoms with E-state index >= 15 is 0 Å². The molecule has 2 rings (SSSR count). The van der Waals surface area contributed by atoms with Crippen molar-refractivity contribution >= 4 is 5.91 Å². The highest BCUT2D eigenvalue weighted by Gasteiger charge is 2.19. The first-order chi connectivity index (χ1) is 9.08. The van der Waals surface area contributed by atoms with Gasteiger partial charge in [-0.05, 0) is 38.0 Å². The van der Waals surface area contributed by atoms with Crippen molar-refractivity contribution < 1.29 is 19.0 Å². The molecule has 1 saturated heterocycles. The van der Waals surface area contributed by atoms with Gasteiger partial charge in [-0.3, -0.25) is 4.79 Å². The van der Waals surface area contributed by atoms with E-state index in [4.69, 9.17) is 4.74 Å². The normalized spacial score (nSPS) is 16.5. The van der Waals surface area contributed by atoms with Gasteiger partial charge in [0.25, 0.3) is 5.91 Å². The topological polar surface area (TPSA) is 49.8 Å². The zero-order valence-electron chi connectivity index (χ0n) is 10.9. The first-order valence-electron chi connectivity index (χ1n) is 6.46. The highest BCUT2D eigenvalue weighted by molar-refractivity contribution is 5.78. The summed E-state index contributed by atoms with van der Waals surface area (Å²) in [7, 11) is 0.